The van der Waals surface area contributed by atoms with Crippen LogP contribution >= 0.6 is 27.3 Å². The molecule has 2 N–H and O–H groups in total. The summed E-state index contributed by atoms with van der Waals surface area (Å²) >= 11 is 5.11. The van der Waals surface area contributed by atoms with Gasteiger partial charge in [0.2, 0.25) is 0 Å². The minimum atomic E-state index is -0.450. The monoisotopic (exact) mass is 437 g/mol. The first-order valence-corrected chi connectivity index (χ1v) is 10.5. The van der Waals surface area contributed by atoms with Gasteiger partial charge in [0.05, 0.1) is 18.8 Å². The number of halogens is 1. The Morgan fingerprint density at radius 3 is 2.69 bits per heavy atom. The SMILES string of the molecule is COc1ccc(Br)c(C(=O)NCC2(c3ccc(C(C)O)s3)CCCC2)c1. The predicted molar refractivity (Wildman–Crippen MR) is 108 cm³/mol. The highest BCUT2D eigenvalue weighted by molar-refractivity contribution is 9.10. The number of hydrogen-bond donors (Lipinski definition) is 2. The summed E-state index contributed by atoms with van der Waals surface area (Å²) in [5.74, 6) is 0.558. The number of nitrogens with one attached hydrogen (secondary N) is 1. The molecule has 140 valence electrons. The quantitative estimate of drug-likeness (QED) is 0.680. The lowest BCUT2D eigenvalue weighted by Gasteiger charge is -2.28. The predicted octanol–water partition coefficient (Wildman–Crippen LogP) is 4.81. The van der Waals surface area contributed by atoms with E-state index < -0.39 is 6.10 Å². The number of benzene rings is 1. The number of amides is 1. The van der Waals surface area contributed by atoms with E-state index >= 15 is 0 Å². The van der Waals surface area contributed by atoms with E-state index in [2.05, 4.69) is 27.3 Å². The zero-order valence-corrected chi connectivity index (χ0v) is 17.5. The third-order valence-electron chi connectivity index (χ3n) is 5.13. The first kappa shape index (κ1) is 19.4. The van der Waals surface area contributed by atoms with Crippen molar-refractivity contribution in [3.63, 3.8) is 0 Å². The molecule has 0 spiro atoms. The van der Waals surface area contributed by atoms with Crippen molar-refractivity contribution < 1.29 is 14.6 Å². The maximum atomic E-state index is 12.7. The first-order chi connectivity index (χ1) is 12.4. The number of carbonyl (C=O) groups excluding carboxylic acids is 1. The zero-order chi connectivity index (χ0) is 18.7. The summed E-state index contributed by atoms with van der Waals surface area (Å²) in [6, 6.07) is 9.52. The van der Waals surface area contributed by atoms with Gasteiger partial charge in [0.25, 0.3) is 5.91 Å². The fourth-order valence-electron chi connectivity index (χ4n) is 3.57. The maximum absolute atomic E-state index is 12.7. The number of aliphatic hydroxyl groups excluding tert-OH is 1. The van der Waals surface area contributed by atoms with Crippen molar-refractivity contribution in [3.8, 4) is 5.75 Å². The third kappa shape index (κ3) is 3.97. The zero-order valence-electron chi connectivity index (χ0n) is 15.0. The molecule has 26 heavy (non-hydrogen) atoms. The molecule has 1 aliphatic carbocycles. The number of methoxy groups -OCH3 is 1. The average Bonchev–Trinajstić information content (AvgIpc) is 3.30. The van der Waals surface area contributed by atoms with Crippen LogP contribution in [0, 0.1) is 0 Å². The van der Waals surface area contributed by atoms with Crippen molar-refractivity contribution in [1.82, 2.24) is 5.32 Å². The van der Waals surface area contributed by atoms with Crippen LogP contribution in [0.3, 0.4) is 0 Å². The van der Waals surface area contributed by atoms with Gasteiger partial charge < -0.3 is 15.2 Å². The summed E-state index contributed by atoms with van der Waals surface area (Å²) in [5.41, 5.74) is 0.548. The van der Waals surface area contributed by atoms with E-state index in [1.54, 1.807) is 31.4 Å². The van der Waals surface area contributed by atoms with E-state index in [1.165, 1.54) is 17.7 Å². The van der Waals surface area contributed by atoms with Crippen LogP contribution in [0.15, 0.2) is 34.8 Å². The molecule has 1 aliphatic rings. The van der Waals surface area contributed by atoms with Crippen LogP contribution in [-0.2, 0) is 5.41 Å². The third-order valence-corrected chi connectivity index (χ3v) is 7.32. The Hall–Kier alpha value is -1.37. The van der Waals surface area contributed by atoms with Gasteiger partial charge in [0, 0.05) is 26.2 Å². The second kappa shape index (κ2) is 8.11. The molecule has 1 aromatic heterocycles. The van der Waals surface area contributed by atoms with Crippen molar-refractivity contribution in [3.05, 3.63) is 50.1 Å². The van der Waals surface area contributed by atoms with Crippen molar-refractivity contribution in [2.75, 3.05) is 13.7 Å². The largest absolute Gasteiger partial charge is 0.497 e. The molecule has 0 saturated heterocycles. The molecule has 4 nitrogen and oxygen atoms in total. The van der Waals surface area contributed by atoms with Crippen LogP contribution in [-0.4, -0.2) is 24.7 Å². The highest BCUT2D eigenvalue weighted by Crippen LogP contribution is 2.44. The molecule has 0 bridgehead atoms. The average molecular weight is 438 g/mol. The molecular weight excluding hydrogens is 414 g/mol. The van der Waals surface area contributed by atoms with Crippen molar-refractivity contribution in [2.45, 2.75) is 44.1 Å². The van der Waals surface area contributed by atoms with Gasteiger partial charge in [-0.1, -0.05) is 12.8 Å². The highest BCUT2D eigenvalue weighted by atomic mass is 79.9. The van der Waals surface area contributed by atoms with E-state index in [9.17, 15) is 9.90 Å². The molecule has 1 saturated carbocycles. The summed E-state index contributed by atoms with van der Waals surface area (Å²) in [4.78, 5) is 15.0. The molecule has 0 aliphatic heterocycles. The lowest BCUT2D eigenvalue weighted by atomic mass is 9.84. The van der Waals surface area contributed by atoms with Crippen LogP contribution in [0.2, 0.25) is 0 Å². The number of aliphatic hydroxyl groups is 1. The van der Waals surface area contributed by atoms with E-state index in [1.807, 2.05) is 18.2 Å². The van der Waals surface area contributed by atoms with Gasteiger partial charge in [0.1, 0.15) is 5.75 Å². The Morgan fingerprint density at radius 1 is 1.35 bits per heavy atom. The molecular formula is C20H24BrNO3S. The fraction of sp³-hybridized carbons (Fsp3) is 0.450. The summed E-state index contributed by atoms with van der Waals surface area (Å²) in [5, 5.41) is 13.0. The van der Waals surface area contributed by atoms with Crippen molar-refractivity contribution in [2.24, 2.45) is 0 Å². The molecule has 0 radical (unpaired) electrons. The van der Waals surface area contributed by atoms with E-state index in [0.29, 0.717) is 17.9 Å². The lowest BCUT2D eigenvalue weighted by Crippen LogP contribution is -2.38. The Bertz CT molecular complexity index is 781. The molecule has 6 heteroatoms. The van der Waals surface area contributed by atoms with Gasteiger partial charge in [-0.2, -0.15) is 0 Å². The Kier molecular flexibility index (Phi) is 6.05. The second-order valence-corrected chi connectivity index (χ2v) is 8.86. The molecule has 3 rings (SSSR count). The van der Waals surface area contributed by atoms with Gasteiger partial charge in [-0.3, -0.25) is 4.79 Å². The Labute approximate surface area is 166 Å². The number of thiophene rings is 1. The Balaban J connectivity index is 1.78. The smallest absolute Gasteiger partial charge is 0.252 e. The minimum Gasteiger partial charge on any atom is -0.497 e. The first-order valence-electron chi connectivity index (χ1n) is 8.85. The lowest BCUT2D eigenvalue weighted by molar-refractivity contribution is 0.0942. The number of ether oxygens (including phenoxy) is 1. The number of rotatable bonds is 6. The maximum Gasteiger partial charge on any atom is 0.252 e. The van der Waals surface area contributed by atoms with Crippen molar-refractivity contribution >= 4 is 33.2 Å². The normalized spacial score (nSPS) is 17.1. The molecule has 1 amide bonds. The summed E-state index contributed by atoms with van der Waals surface area (Å²) in [6.07, 6.45) is 4.01. The van der Waals surface area contributed by atoms with Crippen LogP contribution in [0.1, 0.15) is 58.8 Å². The minimum absolute atomic E-state index is 0.0290. The highest BCUT2D eigenvalue weighted by Gasteiger charge is 2.37. The summed E-state index contributed by atoms with van der Waals surface area (Å²) in [7, 11) is 1.59. The van der Waals surface area contributed by atoms with Gasteiger partial charge in [0.15, 0.2) is 0 Å². The van der Waals surface area contributed by atoms with Crippen molar-refractivity contribution in [1.29, 1.82) is 0 Å². The van der Waals surface area contributed by atoms with Gasteiger partial charge >= 0.3 is 0 Å². The topological polar surface area (TPSA) is 58.6 Å². The summed E-state index contributed by atoms with van der Waals surface area (Å²) in [6.45, 7) is 2.40. The molecule has 1 atom stereocenters. The molecule has 1 fully saturated rings. The molecule has 1 heterocycles. The van der Waals surface area contributed by atoms with Crippen LogP contribution in [0.5, 0.6) is 5.75 Å². The number of carbonyl (C=O) groups is 1. The van der Waals surface area contributed by atoms with Crippen LogP contribution in [0.25, 0.3) is 0 Å². The van der Waals surface area contributed by atoms with Gasteiger partial charge in [-0.15, -0.1) is 11.3 Å². The molecule has 1 aromatic carbocycles. The van der Waals surface area contributed by atoms with Gasteiger partial charge in [-0.25, -0.2) is 0 Å². The second-order valence-electron chi connectivity index (χ2n) is 6.89. The molecule has 1 unspecified atom stereocenters. The van der Waals surface area contributed by atoms with Gasteiger partial charge in [-0.05, 0) is 66.0 Å². The van der Waals surface area contributed by atoms with Crippen LogP contribution in [0.4, 0.5) is 0 Å². The number of hydrogen-bond acceptors (Lipinski definition) is 4. The Morgan fingerprint density at radius 2 is 2.08 bits per heavy atom. The summed E-state index contributed by atoms with van der Waals surface area (Å²) < 4.78 is 5.98. The van der Waals surface area contributed by atoms with E-state index in [0.717, 1.165) is 22.2 Å². The standard InChI is InChI=1S/C20H24BrNO3S/c1-13(23)17-7-8-18(26-17)20(9-3-4-10-20)12-22-19(24)15-11-14(25-2)5-6-16(15)21/h5-8,11,13,23H,3-4,9-10,12H2,1-2H3,(H,22,24). The van der Waals surface area contributed by atoms with E-state index in [-0.39, 0.29) is 11.3 Å². The van der Waals surface area contributed by atoms with Crippen LogP contribution < -0.4 is 10.1 Å². The van der Waals surface area contributed by atoms with E-state index in [4.69, 9.17) is 4.74 Å². The fourth-order valence-corrected chi connectivity index (χ4v) is 5.19. The molecule has 2 aromatic rings.